The number of hydrogen-bond acceptors (Lipinski definition) is 8. The van der Waals surface area contributed by atoms with Crippen LogP contribution in [0.5, 0.6) is 11.6 Å². The third-order valence-electron chi connectivity index (χ3n) is 6.33. The van der Waals surface area contributed by atoms with E-state index in [2.05, 4.69) is 20.3 Å². The maximum absolute atomic E-state index is 14.3. The van der Waals surface area contributed by atoms with E-state index in [-0.39, 0.29) is 40.7 Å². The van der Waals surface area contributed by atoms with E-state index in [1.54, 1.807) is 6.07 Å². The van der Waals surface area contributed by atoms with Crippen molar-refractivity contribution in [2.24, 2.45) is 0 Å². The number of amides is 1. The molecule has 1 amide bonds. The first-order valence-electron chi connectivity index (χ1n) is 14.8. The molecule has 42 heavy (non-hydrogen) atoms. The number of nitrogens with one attached hydrogen (secondary N) is 1. The molecular weight excluding hydrogens is 597 g/mol. The van der Waals surface area contributed by atoms with Gasteiger partial charge < -0.3 is 14.8 Å². The van der Waals surface area contributed by atoms with Crippen molar-refractivity contribution in [2.75, 3.05) is 19.8 Å². The fourth-order valence-corrected chi connectivity index (χ4v) is 5.93. The minimum absolute atomic E-state index is 0.0176. The maximum atomic E-state index is 14.3. The summed E-state index contributed by atoms with van der Waals surface area (Å²) in [7, 11) is -4.46. The van der Waals surface area contributed by atoms with Crippen molar-refractivity contribution in [3.63, 3.8) is 0 Å². The zero-order valence-electron chi connectivity index (χ0n) is 26.4. The van der Waals surface area contributed by atoms with Gasteiger partial charge in [0.05, 0.1) is 55.6 Å². The Labute approximate surface area is 251 Å². The minimum atomic E-state index is -4.46. The molecule has 1 N–H and O–H groups in total. The number of nitrogens with zero attached hydrogens (tertiary/aromatic N) is 3. The van der Waals surface area contributed by atoms with Crippen LogP contribution in [0.2, 0.25) is 5.02 Å². The summed E-state index contributed by atoms with van der Waals surface area (Å²) in [5.74, 6) is -1.61. The van der Waals surface area contributed by atoms with Gasteiger partial charge in [0.15, 0.2) is 11.9 Å². The first-order chi connectivity index (χ1) is 22.0. The van der Waals surface area contributed by atoms with Crippen LogP contribution in [0.15, 0.2) is 53.6 Å². The number of benzene rings is 1. The molecule has 5 rings (SSSR count). The molecule has 9 nitrogen and oxygen atoms in total. The van der Waals surface area contributed by atoms with Gasteiger partial charge >= 0.3 is 0 Å². The number of hydrogen-bond donors (Lipinski definition) is 1. The number of sulfone groups is 1. The molecule has 1 aliphatic rings. The predicted octanol–water partition coefficient (Wildman–Crippen LogP) is 5.51. The molecule has 2 atom stereocenters. The third-order valence-corrected chi connectivity index (χ3v) is 8.43. The Morgan fingerprint density at radius 1 is 1.29 bits per heavy atom. The van der Waals surface area contributed by atoms with Crippen molar-refractivity contribution in [1.82, 2.24) is 20.3 Å². The Balaban J connectivity index is 1.43. The van der Waals surface area contributed by atoms with Crippen LogP contribution < -0.4 is 14.8 Å². The second-order valence-electron chi connectivity index (χ2n) is 9.04. The van der Waals surface area contributed by atoms with Gasteiger partial charge in [-0.25, -0.2) is 31.6 Å². The van der Waals surface area contributed by atoms with Crippen molar-refractivity contribution < 1.29 is 42.7 Å². The van der Waals surface area contributed by atoms with Gasteiger partial charge in [-0.2, -0.15) is 0 Å². The Hall–Kier alpha value is -3.97. The van der Waals surface area contributed by atoms with Gasteiger partial charge in [0.25, 0.3) is 5.91 Å². The number of alkyl halides is 3. The number of pyridine rings is 3. The molecular formula is C28H24ClF3N4O5S. The van der Waals surface area contributed by atoms with Crippen LogP contribution in [-0.4, -0.2) is 54.6 Å². The minimum Gasteiger partial charge on any atom is -0.490 e. The van der Waals surface area contributed by atoms with Crippen molar-refractivity contribution in [2.45, 2.75) is 36.4 Å². The van der Waals surface area contributed by atoms with E-state index in [0.29, 0.717) is 16.6 Å². The predicted molar refractivity (Wildman–Crippen MR) is 149 cm³/mol. The molecule has 0 saturated heterocycles. The summed E-state index contributed by atoms with van der Waals surface area (Å²) < 4.78 is 115. The zero-order chi connectivity index (χ0) is 34.3. The van der Waals surface area contributed by atoms with Crippen LogP contribution in [0.25, 0.3) is 22.2 Å². The van der Waals surface area contributed by atoms with Gasteiger partial charge in [-0.1, -0.05) is 11.6 Å². The molecule has 0 spiro atoms. The molecule has 0 fully saturated rings. The maximum Gasteiger partial charge on any atom is 0.251 e. The Morgan fingerprint density at radius 2 is 2.12 bits per heavy atom. The van der Waals surface area contributed by atoms with Crippen molar-refractivity contribution >= 4 is 38.2 Å². The lowest BCUT2D eigenvalue weighted by molar-refractivity contribution is 0.0950. The zero-order valence-corrected chi connectivity index (χ0v) is 23.0. The number of carbonyl (C=O) groups is 1. The smallest absolute Gasteiger partial charge is 0.251 e. The molecule has 4 aromatic rings. The van der Waals surface area contributed by atoms with Gasteiger partial charge in [0, 0.05) is 27.7 Å². The first-order valence-corrected chi connectivity index (χ1v) is 14.2. The van der Waals surface area contributed by atoms with Gasteiger partial charge in [-0.3, -0.25) is 9.78 Å². The van der Waals surface area contributed by atoms with Crippen molar-refractivity contribution in [3.8, 4) is 22.9 Å². The Bertz CT molecular complexity index is 1970. The molecule has 4 heterocycles. The highest BCUT2D eigenvalue weighted by Gasteiger charge is 2.35. The van der Waals surface area contributed by atoms with Gasteiger partial charge in [0.1, 0.15) is 11.6 Å². The lowest BCUT2D eigenvalue weighted by Gasteiger charge is -2.13. The number of ether oxygens (including phenoxy) is 2. The van der Waals surface area contributed by atoms with E-state index in [4.69, 9.17) is 27.9 Å². The average Bonchev–Trinajstić information content (AvgIpc) is 3.13. The summed E-state index contributed by atoms with van der Waals surface area (Å²) in [4.78, 5) is 25.0. The van der Waals surface area contributed by atoms with E-state index in [1.165, 1.54) is 30.5 Å². The van der Waals surface area contributed by atoms with E-state index in [1.807, 2.05) is 0 Å². The summed E-state index contributed by atoms with van der Waals surface area (Å²) in [6, 6.07) is 9.12. The molecule has 0 unspecified atom stereocenters. The number of carbonyl (C=O) groups excluding carboxylic acids is 1. The third kappa shape index (κ3) is 5.84. The van der Waals surface area contributed by atoms with Crippen LogP contribution >= 0.6 is 11.6 Å². The monoisotopic (exact) mass is 625 g/mol. The molecule has 0 saturated carbocycles. The van der Waals surface area contributed by atoms with Crippen LogP contribution in [-0.2, 0) is 16.4 Å². The first kappa shape index (κ1) is 23.6. The van der Waals surface area contributed by atoms with Gasteiger partial charge in [0.2, 0.25) is 21.2 Å². The van der Waals surface area contributed by atoms with E-state index in [0.717, 1.165) is 12.1 Å². The molecule has 220 valence electrons. The lowest BCUT2D eigenvalue weighted by atomic mass is 10.1. The fraction of sp³-hybridized carbons (Fsp3) is 0.286. The average molecular weight is 626 g/mol. The standard InChI is InChI=1S/C28H24ClF3N4O5S/c1-2-40-28-18(4-6-22(36-28)20(31)12-30)21-5-3-15-13-33-17(11-23(15)35-21)14-34-27(37)16-9-19(29)26-24(10-16)42(38,39)25(32)7-8-41-26/h3-6,9-11,13,20,25H,2,7-8,12,14H2,1H3,(H,34,37)/t20-,25+/m0/s1/i1D3,2D2. The quantitative estimate of drug-likeness (QED) is 0.272. The molecule has 1 aromatic carbocycles. The van der Waals surface area contributed by atoms with Crippen molar-refractivity contribution in [3.05, 3.63) is 70.6 Å². The summed E-state index contributed by atoms with van der Waals surface area (Å²) in [5, 5.41) is 2.92. The number of fused-ring (bicyclic) bond motifs is 2. The summed E-state index contributed by atoms with van der Waals surface area (Å²) in [6.07, 6.45) is -1.12. The largest absolute Gasteiger partial charge is 0.490 e. The highest BCUT2D eigenvalue weighted by atomic mass is 35.5. The molecule has 0 aliphatic carbocycles. The van der Waals surface area contributed by atoms with Gasteiger partial charge in [-0.15, -0.1) is 0 Å². The topological polar surface area (TPSA) is 120 Å². The highest BCUT2D eigenvalue weighted by molar-refractivity contribution is 7.92. The van der Waals surface area contributed by atoms with Crippen LogP contribution in [0, 0.1) is 0 Å². The highest BCUT2D eigenvalue weighted by Crippen LogP contribution is 2.38. The molecule has 14 heteroatoms. The Morgan fingerprint density at radius 3 is 2.90 bits per heavy atom. The number of rotatable bonds is 8. The molecule has 0 bridgehead atoms. The SMILES string of the molecule is [2H]C([2H])([2H])C([2H])([2H])Oc1nc([C@@H](F)CF)ccc1-c1ccc2cnc(CNC(=O)c3cc(Cl)c4c(c3)S(=O)(=O)[C@@H](F)CCO4)cc2n1. The van der Waals surface area contributed by atoms with E-state index in [9.17, 15) is 26.4 Å². The van der Waals surface area contributed by atoms with E-state index < -0.39 is 70.4 Å². The normalized spacial score (nSPS) is 19.0. The summed E-state index contributed by atoms with van der Waals surface area (Å²) >= 11 is 6.18. The number of halogens is 4. The number of aromatic nitrogens is 3. The molecule has 1 aliphatic heterocycles. The van der Waals surface area contributed by atoms with Gasteiger partial charge in [-0.05, 0) is 49.3 Å². The van der Waals surface area contributed by atoms with Crippen LogP contribution in [0.1, 0.15) is 48.0 Å². The van der Waals surface area contributed by atoms with E-state index >= 15 is 0 Å². The molecule has 3 aromatic heterocycles. The van der Waals surface area contributed by atoms with Crippen LogP contribution in [0.3, 0.4) is 0 Å². The summed E-state index contributed by atoms with van der Waals surface area (Å²) in [5.41, 5.74) is -2.14. The second-order valence-corrected chi connectivity index (χ2v) is 11.5. The van der Waals surface area contributed by atoms with Crippen molar-refractivity contribution in [1.29, 1.82) is 0 Å². The fourth-order valence-electron chi connectivity index (χ4n) is 4.20. The second kappa shape index (κ2) is 12.1. The lowest BCUT2D eigenvalue weighted by Crippen LogP contribution is -2.24. The Kier molecular flexibility index (Phi) is 6.79. The van der Waals surface area contributed by atoms with Crippen LogP contribution in [0.4, 0.5) is 13.2 Å². The summed E-state index contributed by atoms with van der Waals surface area (Å²) in [6.45, 7) is -8.31. The molecule has 0 radical (unpaired) electrons.